The van der Waals surface area contributed by atoms with E-state index in [0.29, 0.717) is 36.5 Å². The lowest BCUT2D eigenvalue weighted by molar-refractivity contribution is -0.125. The number of nitrogens with zero attached hydrogens (tertiary/aromatic N) is 1. The number of sulfonamides is 1. The monoisotopic (exact) mass is 366 g/mol. The van der Waals surface area contributed by atoms with Crippen molar-refractivity contribution in [2.45, 2.75) is 31.8 Å². The molecule has 1 aliphatic rings. The average molecular weight is 366 g/mol. The van der Waals surface area contributed by atoms with Crippen LogP contribution < -0.4 is 10.1 Å². The van der Waals surface area contributed by atoms with E-state index < -0.39 is 16.1 Å². The highest BCUT2D eigenvalue weighted by Crippen LogP contribution is 2.31. The maximum Gasteiger partial charge on any atom is 0.239 e. The summed E-state index contributed by atoms with van der Waals surface area (Å²) in [7, 11) is -1.82. The summed E-state index contributed by atoms with van der Waals surface area (Å²) < 4.78 is 36.0. The van der Waals surface area contributed by atoms with E-state index in [4.69, 9.17) is 9.15 Å². The SMILES string of the molecule is COc1cccc2cc([C@@H](C)NC(=O)[C@@H]3CCCN3S(C)(=O)=O)oc12. The fourth-order valence-electron chi connectivity index (χ4n) is 3.21. The van der Waals surface area contributed by atoms with Crippen LogP contribution in [0.15, 0.2) is 28.7 Å². The Hall–Kier alpha value is -2.06. The number of nitrogens with one attached hydrogen (secondary N) is 1. The van der Waals surface area contributed by atoms with E-state index in [0.717, 1.165) is 11.6 Å². The fourth-order valence-corrected chi connectivity index (χ4v) is 4.33. The molecule has 2 heterocycles. The number of methoxy groups -OCH3 is 1. The molecule has 3 rings (SSSR count). The topological polar surface area (TPSA) is 88.9 Å². The van der Waals surface area contributed by atoms with E-state index in [2.05, 4.69) is 5.32 Å². The fraction of sp³-hybridized carbons (Fsp3) is 0.471. The zero-order valence-electron chi connectivity index (χ0n) is 14.5. The molecule has 1 amide bonds. The van der Waals surface area contributed by atoms with Crippen LogP contribution >= 0.6 is 0 Å². The summed E-state index contributed by atoms with van der Waals surface area (Å²) in [5.41, 5.74) is 0.625. The second-order valence-corrected chi connectivity index (χ2v) is 8.22. The molecule has 0 unspecified atom stereocenters. The van der Waals surface area contributed by atoms with Gasteiger partial charge in [-0.2, -0.15) is 4.31 Å². The predicted molar refractivity (Wildman–Crippen MR) is 93.9 cm³/mol. The highest BCUT2D eigenvalue weighted by molar-refractivity contribution is 7.88. The highest BCUT2D eigenvalue weighted by Gasteiger charge is 2.37. The van der Waals surface area contributed by atoms with Gasteiger partial charge >= 0.3 is 0 Å². The lowest BCUT2D eigenvalue weighted by Crippen LogP contribution is -2.46. The number of rotatable bonds is 5. The van der Waals surface area contributed by atoms with Crippen LogP contribution in [0.1, 0.15) is 31.6 Å². The van der Waals surface area contributed by atoms with Crippen molar-refractivity contribution < 1.29 is 22.4 Å². The third-order valence-electron chi connectivity index (χ3n) is 4.46. The molecule has 1 N–H and O–H groups in total. The van der Waals surface area contributed by atoms with E-state index in [1.54, 1.807) is 13.2 Å². The molecule has 0 saturated carbocycles. The lowest BCUT2D eigenvalue weighted by Gasteiger charge is -2.22. The molecular weight excluding hydrogens is 344 g/mol. The number of amides is 1. The van der Waals surface area contributed by atoms with Gasteiger partial charge in [-0.25, -0.2) is 8.42 Å². The first-order valence-corrected chi connectivity index (χ1v) is 9.99. The number of hydrogen-bond donors (Lipinski definition) is 1. The van der Waals surface area contributed by atoms with Gasteiger partial charge in [-0.05, 0) is 31.9 Å². The van der Waals surface area contributed by atoms with Gasteiger partial charge in [0.1, 0.15) is 11.8 Å². The largest absolute Gasteiger partial charge is 0.493 e. The number of furan rings is 1. The third-order valence-corrected chi connectivity index (χ3v) is 5.75. The van der Waals surface area contributed by atoms with Crippen LogP contribution in [0, 0.1) is 0 Å². The van der Waals surface area contributed by atoms with Gasteiger partial charge in [0, 0.05) is 11.9 Å². The Bertz CT molecular complexity index is 890. The number of benzene rings is 1. The molecule has 2 aromatic rings. The molecule has 25 heavy (non-hydrogen) atoms. The Morgan fingerprint density at radius 2 is 2.20 bits per heavy atom. The highest BCUT2D eigenvalue weighted by atomic mass is 32.2. The van der Waals surface area contributed by atoms with E-state index in [1.165, 1.54) is 4.31 Å². The van der Waals surface area contributed by atoms with Gasteiger partial charge in [0.2, 0.25) is 15.9 Å². The molecule has 0 spiro atoms. The van der Waals surface area contributed by atoms with E-state index in [-0.39, 0.29) is 11.9 Å². The van der Waals surface area contributed by atoms with Gasteiger partial charge < -0.3 is 14.5 Å². The standard InChI is InChI=1S/C17H22N2O5S/c1-11(15-10-12-6-4-8-14(23-2)16(12)24-15)18-17(20)13-7-5-9-19(13)25(3,21)22/h4,6,8,10-11,13H,5,7,9H2,1-3H3,(H,18,20)/t11-,13+/m1/s1. The van der Waals surface area contributed by atoms with Crippen LogP contribution in [0.3, 0.4) is 0 Å². The Balaban J connectivity index is 1.78. The summed E-state index contributed by atoms with van der Waals surface area (Å²) in [6.07, 6.45) is 2.34. The minimum absolute atomic E-state index is 0.303. The molecule has 1 fully saturated rings. The maximum atomic E-state index is 12.5. The molecular formula is C17H22N2O5S. The van der Waals surface area contributed by atoms with Gasteiger partial charge in [0.05, 0.1) is 19.4 Å². The maximum absolute atomic E-state index is 12.5. The van der Waals surface area contributed by atoms with E-state index in [1.807, 2.05) is 25.1 Å². The Labute approximate surface area is 147 Å². The normalized spacial score (nSPS) is 19.9. The third kappa shape index (κ3) is 3.50. The van der Waals surface area contributed by atoms with Crippen molar-refractivity contribution in [1.29, 1.82) is 0 Å². The summed E-state index contributed by atoms with van der Waals surface area (Å²) in [4.78, 5) is 12.5. The molecule has 8 heteroatoms. The first-order valence-electron chi connectivity index (χ1n) is 8.15. The number of carbonyl (C=O) groups is 1. The number of fused-ring (bicyclic) bond motifs is 1. The predicted octanol–water partition coefficient (Wildman–Crippen LogP) is 2.04. The molecule has 0 aliphatic carbocycles. The summed E-state index contributed by atoms with van der Waals surface area (Å²) in [5.74, 6) is 0.918. The second kappa shape index (κ2) is 6.68. The van der Waals surface area contributed by atoms with E-state index in [9.17, 15) is 13.2 Å². The Kier molecular flexibility index (Phi) is 4.75. The van der Waals surface area contributed by atoms with Crippen molar-refractivity contribution in [3.8, 4) is 5.75 Å². The van der Waals surface area contributed by atoms with Gasteiger partial charge in [0.15, 0.2) is 11.3 Å². The van der Waals surface area contributed by atoms with Gasteiger partial charge in [-0.3, -0.25) is 4.79 Å². The van der Waals surface area contributed by atoms with Crippen LogP contribution in [-0.4, -0.2) is 44.6 Å². The molecule has 1 aromatic carbocycles. The van der Waals surface area contributed by atoms with Gasteiger partial charge in [-0.1, -0.05) is 12.1 Å². The van der Waals surface area contributed by atoms with Crippen LogP contribution in [0.25, 0.3) is 11.0 Å². The molecule has 1 saturated heterocycles. The van der Waals surface area contributed by atoms with Crippen LogP contribution in [0.2, 0.25) is 0 Å². The van der Waals surface area contributed by atoms with Gasteiger partial charge in [0.25, 0.3) is 0 Å². The molecule has 136 valence electrons. The zero-order chi connectivity index (χ0) is 18.2. The number of para-hydroxylation sites is 1. The van der Waals surface area contributed by atoms with Crippen molar-refractivity contribution in [2.75, 3.05) is 19.9 Å². The summed E-state index contributed by atoms with van der Waals surface area (Å²) >= 11 is 0. The second-order valence-electron chi connectivity index (χ2n) is 6.29. The molecule has 0 radical (unpaired) electrons. The van der Waals surface area contributed by atoms with Gasteiger partial charge in [-0.15, -0.1) is 0 Å². The molecule has 7 nitrogen and oxygen atoms in total. The zero-order valence-corrected chi connectivity index (χ0v) is 15.3. The summed E-state index contributed by atoms with van der Waals surface area (Å²) in [6.45, 7) is 2.19. The number of hydrogen-bond acceptors (Lipinski definition) is 5. The Morgan fingerprint density at radius 3 is 2.88 bits per heavy atom. The minimum atomic E-state index is -3.39. The summed E-state index contributed by atoms with van der Waals surface area (Å²) in [6, 6.07) is 6.39. The van der Waals surface area contributed by atoms with Crippen molar-refractivity contribution in [3.63, 3.8) is 0 Å². The van der Waals surface area contributed by atoms with Crippen molar-refractivity contribution in [2.24, 2.45) is 0 Å². The quantitative estimate of drug-likeness (QED) is 0.875. The first-order chi connectivity index (χ1) is 11.8. The first kappa shape index (κ1) is 17.8. The molecule has 1 aromatic heterocycles. The van der Waals surface area contributed by atoms with E-state index >= 15 is 0 Å². The smallest absolute Gasteiger partial charge is 0.239 e. The minimum Gasteiger partial charge on any atom is -0.493 e. The van der Waals surface area contributed by atoms with Crippen LogP contribution in [0.4, 0.5) is 0 Å². The average Bonchev–Trinajstić information content (AvgIpc) is 3.20. The molecule has 0 bridgehead atoms. The van der Waals surface area contributed by atoms with Crippen LogP contribution in [-0.2, 0) is 14.8 Å². The van der Waals surface area contributed by atoms with Crippen LogP contribution in [0.5, 0.6) is 5.75 Å². The van der Waals surface area contributed by atoms with Crippen molar-refractivity contribution in [1.82, 2.24) is 9.62 Å². The Morgan fingerprint density at radius 1 is 1.44 bits per heavy atom. The number of ether oxygens (including phenoxy) is 1. The van der Waals surface area contributed by atoms with Crippen molar-refractivity contribution in [3.05, 3.63) is 30.0 Å². The lowest BCUT2D eigenvalue weighted by atomic mass is 10.1. The summed E-state index contributed by atoms with van der Waals surface area (Å²) in [5, 5.41) is 3.74. The molecule has 1 aliphatic heterocycles. The molecule has 2 atom stereocenters. The number of carbonyl (C=O) groups excluding carboxylic acids is 1. The van der Waals surface area contributed by atoms with Crippen molar-refractivity contribution >= 4 is 26.9 Å².